The maximum atomic E-state index is 11.2. The predicted molar refractivity (Wildman–Crippen MR) is 79.2 cm³/mol. The first-order valence-electron chi connectivity index (χ1n) is 7.10. The summed E-state index contributed by atoms with van der Waals surface area (Å²) in [6.07, 6.45) is 7.83. The zero-order chi connectivity index (χ0) is 14.1. The molecular weight excluding hydrogens is 238 g/mol. The number of nitrogens with zero attached hydrogens (tertiary/aromatic N) is 1. The van der Waals surface area contributed by atoms with Crippen molar-refractivity contribution < 1.29 is 4.79 Å². The van der Waals surface area contributed by atoms with E-state index in [2.05, 4.69) is 24.1 Å². The summed E-state index contributed by atoms with van der Waals surface area (Å²) in [5, 5.41) is 3.18. The van der Waals surface area contributed by atoms with Crippen LogP contribution in [0.2, 0.25) is 0 Å². The molecule has 4 heteroatoms. The third-order valence-corrected chi connectivity index (χ3v) is 3.07. The average molecular weight is 263 g/mol. The molecule has 0 saturated carbocycles. The summed E-state index contributed by atoms with van der Waals surface area (Å²) in [6.45, 7) is 5.35. The third-order valence-electron chi connectivity index (χ3n) is 3.07. The number of rotatable bonds is 9. The second kappa shape index (κ2) is 8.51. The van der Waals surface area contributed by atoms with E-state index in [1.54, 1.807) is 18.3 Å². The van der Waals surface area contributed by atoms with E-state index in [-0.39, 0.29) is 0 Å². The van der Waals surface area contributed by atoms with Crippen LogP contribution in [0.1, 0.15) is 56.3 Å². The van der Waals surface area contributed by atoms with Gasteiger partial charge in [-0.25, -0.2) is 4.98 Å². The number of amides is 1. The second-order valence-electron chi connectivity index (χ2n) is 5.29. The molecule has 0 fully saturated rings. The van der Waals surface area contributed by atoms with Gasteiger partial charge < -0.3 is 11.1 Å². The summed E-state index contributed by atoms with van der Waals surface area (Å²) in [5.41, 5.74) is 5.75. The van der Waals surface area contributed by atoms with Gasteiger partial charge in [-0.15, -0.1) is 0 Å². The Morgan fingerprint density at radius 3 is 2.74 bits per heavy atom. The van der Waals surface area contributed by atoms with E-state index in [0.29, 0.717) is 11.4 Å². The van der Waals surface area contributed by atoms with Crippen LogP contribution >= 0.6 is 0 Å². The van der Waals surface area contributed by atoms with Crippen molar-refractivity contribution in [2.75, 3.05) is 11.9 Å². The fourth-order valence-electron chi connectivity index (χ4n) is 1.98. The molecule has 0 bridgehead atoms. The Morgan fingerprint density at radius 2 is 2.05 bits per heavy atom. The van der Waals surface area contributed by atoms with E-state index < -0.39 is 5.91 Å². The largest absolute Gasteiger partial charge is 0.369 e. The van der Waals surface area contributed by atoms with Crippen molar-refractivity contribution >= 4 is 11.7 Å². The van der Waals surface area contributed by atoms with Crippen LogP contribution in [0, 0.1) is 5.92 Å². The molecule has 1 amide bonds. The van der Waals surface area contributed by atoms with E-state index in [1.165, 1.54) is 25.7 Å². The number of unbranched alkanes of at least 4 members (excludes halogenated alkanes) is 3. The number of primary amides is 1. The highest BCUT2D eigenvalue weighted by molar-refractivity contribution is 5.97. The molecule has 0 aromatic carbocycles. The fourth-order valence-corrected chi connectivity index (χ4v) is 1.98. The maximum absolute atomic E-state index is 11.2. The van der Waals surface area contributed by atoms with E-state index in [1.807, 2.05) is 0 Å². The van der Waals surface area contributed by atoms with Crippen LogP contribution in [0.4, 0.5) is 5.82 Å². The van der Waals surface area contributed by atoms with Crippen LogP contribution in [-0.4, -0.2) is 17.4 Å². The topological polar surface area (TPSA) is 68.0 Å². The fraction of sp³-hybridized carbons (Fsp3) is 0.600. The molecule has 0 aliphatic heterocycles. The van der Waals surface area contributed by atoms with E-state index >= 15 is 0 Å². The van der Waals surface area contributed by atoms with Crippen molar-refractivity contribution in [2.45, 2.75) is 46.0 Å². The molecule has 3 N–H and O–H groups in total. The van der Waals surface area contributed by atoms with Gasteiger partial charge in [-0.05, 0) is 24.5 Å². The Hall–Kier alpha value is -1.58. The van der Waals surface area contributed by atoms with Crippen molar-refractivity contribution in [3.63, 3.8) is 0 Å². The first-order valence-corrected chi connectivity index (χ1v) is 7.10. The summed E-state index contributed by atoms with van der Waals surface area (Å²) < 4.78 is 0. The quantitative estimate of drug-likeness (QED) is 0.672. The summed E-state index contributed by atoms with van der Waals surface area (Å²) in [6, 6.07) is 3.41. The molecule has 1 aromatic heterocycles. The van der Waals surface area contributed by atoms with Gasteiger partial charge in [0.2, 0.25) is 0 Å². The molecule has 0 saturated heterocycles. The number of nitrogens with one attached hydrogen (secondary N) is 1. The molecule has 0 unspecified atom stereocenters. The van der Waals surface area contributed by atoms with Gasteiger partial charge in [-0.2, -0.15) is 0 Å². The third kappa shape index (κ3) is 6.22. The lowest BCUT2D eigenvalue weighted by atomic mass is 10.0. The molecule has 1 aromatic rings. The Morgan fingerprint density at radius 1 is 1.32 bits per heavy atom. The first kappa shape index (κ1) is 15.5. The van der Waals surface area contributed by atoms with Gasteiger partial charge >= 0.3 is 0 Å². The Bertz CT molecular complexity index is 391. The number of carbonyl (C=O) groups is 1. The number of hydrogen-bond acceptors (Lipinski definition) is 3. The lowest BCUT2D eigenvalue weighted by Crippen LogP contribution is -2.15. The molecule has 1 heterocycles. The van der Waals surface area contributed by atoms with Crippen LogP contribution < -0.4 is 11.1 Å². The highest BCUT2D eigenvalue weighted by Gasteiger charge is 2.07. The van der Waals surface area contributed by atoms with Crippen LogP contribution in [0.25, 0.3) is 0 Å². The molecule has 106 valence electrons. The van der Waals surface area contributed by atoms with Crippen molar-refractivity contribution in [3.05, 3.63) is 23.9 Å². The van der Waals surface area contributed by atoms with Crippen molar-refractivity contribution in [2.24, 2.45) is 11.7 Å². The number of carbonyl (C=O) groups excluding carboxylic acids is 1. The zero-order valence-electron chi connectivity index (χ0n) is 12.0. The lowest BCUT2D eigenvalue weighted by Gasteiger charge is -2.08. The molecule has 1 rings (SSSR count). The normalized spacial score (nSPS) is 10.7. The molecule has 4 nitrogen and oxygen atoms in total. The number of pyridine rings is 1. The molecule has 0 spiro atoms. The number of anilines is 1. The molecule has 0 radical (unpaired) electrons. The summed E-state index contributed by atoms with van der Waals surface area (Å²) in [4.78, 5) is 15.3. The van der Waals surface area contributed by atoms with Crippen LogP contribution in [-0.2, 0) is 0 Å². The molecule has 0 aliphatic carbocycles. The van der Waals surface area contributed by atoms with Crippen molar-refractivity contribution in [1.29, 1.82) is 0 Å². The maximum Gasteiger partial charge on any atom is 0.252 e. The van der Waals surface area contributed by atoms with Crippen LogP contribution in [0.3, 0.4) is 0 Å². The van der Waals surface area contributed by atoms with Gasteiger partial charge in [0.25, 0.3) is 5.91 Å². The van der Waals surface area contributed by atoms with Crippen LogP contribution in [0.15, 0.2) is 18.3 Å². The first-order chi connectivity index (χ1) is 9.11. The lowest BCUT2D eigenvalue weighted by molar-refractivity contribution is 0.100. The number of aromatic nitrogens is 1. The Kier molecular flexibility index (Phi) is 6.93. The molecule has 0 atom stereocenters. The minimum absolute atomic E-state index is 0.437. The van der Waals surface area contributed by atoms with Gasteiger partial charge in [0.15, 0.2) is 0 Å². The SMILES string of the molecule is CC(C)CCCCCCNc1ncccc1C(N)=O. The second-order valence-corrected chi connectivity index (χ2v) is 5.29. The molecule has 19 heavy (non-hydrogen) atoms. The Labute approximate surface area is 115 Å². The van der Waals surface area contributed by atoms with Crippen LogP contribution in [0.5, 0.6) is 0 Å². The molecular formula is C15H25N3O. The number of hydrogen-bond donors (Lipinski definition) is 2. The zero-order valence-corrected chi connectivity index (χ0v) is 12.0. The van der Waals surface area contributed by atoms with Crippen molar-refractivity contribution in [3.8, 4) is 0 Å². The van der Waals surface area contributed by atoms with Gasteiger partial charge in [-0.1, -0.05) is 39.5 Å². The van der Waals surface area contributed by atoms with Gasteiger partial charge in [-0.3, -0.25) is 4.79 Å². The number of nitrogens with two attached hydrogens (primary N) is 1. The summed E-state index contributed by atoms with van der Waals surface area (Å²) in [5.74, 6) is 0.953. The minimum atomic E-state index is -0.437. The average Bonchev–Trinajstić information content (AvgIpc) is 2.37. The highest BCUT2D eigenvalue weighted by atomic mass is 16.1. The summed E-state index contributed by atoms with van der Waals surface area (Å²) >= 11 is 0. The van der Waals surface area contributed by atoms with Gasteiger partial charge in [0.1, 0.15) is 5.82 Å². The standard InChI is InChI=1S/C15H25N3O/c1-12(2)8-5-3-4-6-10-17-15-13(14(16)19)9-7-11-18-15/h7,9,11-12H,3-6,8,10H2,1-2H3,(H2,16,19)(H,17,18). The highest BCUT2D eigenvalue weighted by Crippen LogP contribution is 2.12. The summed E-state index contributed by atoms with van der Waals surface area (Å²) in [7, 11) is 0. The predicted octanol–water partition coefficient (Wildman–Crippen LogP) is 3.20. The van der Waals surface area contributed by atoms with Gasteiger partial charge in [0, 0.05) is 12.7 Å². The van der Waals surface area contributed by atoms with Gasteiger partial charge in [0.05, 0.1) is 5.56 Å². The van der Waals surface area contributed by atoms with E-state index in [0.717, 1.165) is 18.9 Å². The smallest absolute Gasteiger partial charge is 0.252 e. The van der Waals surface area contributed by atoms with E-state index in [9.17, 15) is 4.79 Å². The monoisotopic (exact) mass is 263 g/mol. The molecule has 0 aliphatic rings. The Balaban J connectivity index is 2.21. The van der Waals surface area contributed by atoms with Crippen molar-refractivity contribution in [1.82, 2.24) is 4.98 Å². The van der Waals surface area contributed by atoms with E-state index in [4.69, 9.17) is 5.73 Å². The minimum Gasteiger partial charge on any atom is -0.369 e.